The summed E-state index contributed by atoms with van der Waals surface area (Å²) < 4.78 is 0. The number of nitrogens with two attached hydrogens (primary N) is 1. The van der Waals surface area contributed by atoms with Crippen LogP contribution in [-0.2, 0) is 0 Å². The summed E-state index contributed by atoms with van der Waals surface area (Å²) >= 11 is 0. The average Bonchev–Trinajstić information content (AvgIpc) is 2.06. The molecule has 0 fully saturated rings. The van der Waals surface area contributed by atoms with Crippen molar-refractivity contribution in [2.45, 2.75) is 46.1 Å². The highest BCUT2D eigenvalue weighted by molar-refractivity contribution is 4.79. The Morgan fingerprint density at radius 2 is 1.75 bits per heavy atom. The Balaban J connectivity index is 3.65. The molecule has 0 rings (SSSR count). The topological polar surface area (TPSA) is 38.0 Å². The summed E-state index contributed by atoms with van der Waals surface area (Å²) in [5.41, 5.74) is 5.71. The summed E-state index contributed by atoms with van der Waals surface area (Å²) in [5, 5.41) is 3.49. The first-order valence-corrected chi connectivity index (χ1v) is 5.00. The third kappa shape index (κ3) is 4.73. The van der Waals surface area contributed by atoms with Crippen molar-refractivity contribution >= 4 is 0 Å². The van der Waals surface area contributed by atoms with Crippen LogP contribution < -0.4 is 11.1 Å². The lowest BCUT2D eigenvalue weighted by atomic mass is 10.0. The van der Waals surface area contributed by atoms with Crippen LogP contribution in [0.2, 0.25) is 0 Å². The van der Waals surface area contributed by atoms with Crippen LogP contribution in [0.15, 0.2) is 0 Å². The number of hydrogen-bond donors (Lipinski definition) is 2. The fraction of sp³-hybridized carbons (Fsp3) is 1.00. The maximum absolute atomic E-state index is 5.61. The fourth-order valence-electron chi connectivity index (χ4n) is 1.07. The van der Waals surface area contributed by atoms with Gasteiger partial charge < -0.3 is 11.1 Å². The van der Waals surface area contributed by atoms with Crippen molar-refractivity contribution in [3.63, 3.8) is 0 Å². The lowest BCUT2D eigenvalue weighted by Crippen LogP contribution is -2.47. The molecular formula is C10H24N2. The molecule has 12 heavy (non-hydrogen) atoms. The van der Waals surface area contributed by atoms with E-state index in [1.54, 1.807) is 0 Å². The van der Waals surface area contributed by atoms with Crippen LogP contribution in [-0.4, -0.2) is 18.6 Å². The minimum atomic E-state index is 0.0998. The van der Waals surface area contributed by atoms with E-state index in [-0.39, 0.29) is 5.54 Å². The van der Waals surface area contributed by atoms with Gasteiger partial charge in [-0.05, 0) is 26.3 Å². The second-order valence-electron chi connectivity index (χ2n) is 4.15. The molecule has 0 spiro atoms. The summed E-state index contributed by atoms with van der Waals surface area (Å²) in [6.07, 6.45) is 2.51. The van der Waals surface area contributed by atoms with Crippen molar-refractivity contribution in [2.75, 3.05) is 13.1 Å². The van der Waals surface area contributed by atoms with Gasteiger partial charge in [0.2, 0.25) is 0 Å². The molecule has 0 amide bonds. The monoisotopic (exact) mass is 172 g/mol. The standard InChI is InChI=1S/C10H24N2/c1-5-9(6-2)7-12-10(3,4)8-11/h9,12H,5-8,11H2,1-4H3. The van der Waals surface area contributed by atoms with Crippen LogP contribution in [0.4, 0.5) is 0 Å². The Morgan fingerprint density at radius 1 is 1.25 bits per heavy atom. The fourth-order valence-corrected chi connectivity index (χ4v) is 1.07. The highest BCUT2D eigenvalue weighted by atomic mass is 15.0. The Morgan fingerprint density at radius 3 is 2.08 bits per heavy atom. The predicted molar refractivity (Wildman–Crippen MR) is 55.2 cm³/mol. The van der Waals surface area contributed by atoms with Gasteiger partial charge in [-0.15, -0.1) is 0 Å². The van der Waals surface area contributed by atoms with Crippen LogP contribution in [0.25, 0.3) is 0 Å². The number of hydrogen-bond acceptors (Lipinski definition) is 2. The second-order valence-corrected chi connectivity index (χ2v) is 4.15. The lowest BCUT2D eigenvalue weighted by molar-refractivity contribution is 0.343. The Labute approximate surface area is 76.9 Å². The minimum absolute atomic E-state index is 0.0998. The predicted octanol–water partition coefficient (Wildman–Crippen LogP) is 1.75. The van der Waals surface area contributed by atoms with Gasteiger partial charge in [-0.1, -0.05) is 26.7 Å². The molecule has 2 heteroatoms. The zero-order chi connectivity index (χ0) is 9.61. The SMILES string of the molecule is CCC(CC)CNC(C)(C)CN. The molecule has 0 saturated carbocycles. The Kier molecular flexibility index (Phi) is 5.51. The molecule has 0 bridgehead atoms. The molecule has 0 aromatic carbocycles. The molecule has 2 nitrogen and oxygen atoms in total. The van der Waals surface area contributed by atoms with Crippen LogP contribution >= 0.6 is 0 Å². The average molecular weight is 172 g/mol. The quantitative estimate of drug-likeness (QED) is 0.640. The smallest absolute Gasteiger partial charge is 0.0247 e. The Hall–Kier alpha value is -0.0800. The van der Waals surface area contributed by atoms with E-state index in [0.717, 1.165) is 12.5 Å². The van der Waals surface area contributed by atoms with Crippen molar-refractivity contribution in [1.29, 1.82) is 0 Å². The van der Waals surface area contributed by atoms with E-state index in [0.29, 0.717) is 6.54 Å². The van der Waals surface area contributed by atoms with Gasteiger partial charge in [-0.2, -0.15) is 0 Å². The van der Waals surface area contributed by atoms with Gasteiger partial charge in [0.15, 0.2) is 0 Å². The molecule has 0 radical (unpaired) electrons. The zero-order valence-electron chi connectivity index (χ0n) is 8.98. The number of rotatable bonds is 6. The van der Waals surface area contributed by atoms with Gasteiger partial charge in [0.1, 0.15) is 0 Å². The first-order chi connectivity index (χ1) is 5.55. The molecule has 0 unspecified atom stereocenters. The van der Waals surface area contributed by atoms with Gasteiger partial charge in [0.25, 0.3) is 0 Å². The van der Waals surface area contributed by atoms with Gasteiger partial charge in [-0.25, -0.2) is 0 Å². The molecular weight excluding hydrogens is 148 g/mol. The molecule has 0 saturated heterocycles. The molecule has 0 aliphatic heterocycles. The maximum atomic E-state index is 5.61. The molecule has 3 N–H and O–H groups in total. The molecule has 0 atom stereocenters. The van der Waals surface area contributed by atoms with E-state index in [1.807, 2.05) is 0 Å². The van der Waals surface area contributed by atoms with Crippen LogP contribution in [0.5, 0.6) is 0 Å². The molecule has 0 aromatic rings. The van der Waals surface area contributed by atoms with E-state index in [9.17, 15) is 0 Å². The van der Waals surface area contributed by atoms with Gasteiger partial charge in [0, 0.05) is 12.1 Å². The minimum Gasteiger partial charge on any atom is -0.329 e. The molecule has 0 aliphatic rings. The normalized spacial score (nSPS) is 12.5. The summed E-state index contributed by atoms with van der Waals surface area (Å²) in [4.78, 5) is 0. The largest absolute Gasteiger partial charge is 0.329 e. The van der Waals surface area contributed by atoms with Gasteiger partial charge >= 0.3 is 0 Å². The third-order valence-corrected chi connectivity index (χ3v) is 2.53. The summed E-state index contributed by atoms with van der Waals surface area (Å²) in [6.45, 7) is 10.6. The summed E-state index contributed by atoms with van der Waals surface area (Å²) in [5.74, 6) is 0.802. The maximum Gasteiger partial charge on any atom is 0.0247 e. The van der Waals surface area contributed by atoms with Crippen molar-refractivity contribution in [3.05, 3.63) is 0 Å². The second kappa shape index (κ2) is 5.55. The third-order valence-electron chi connectivity index (χ3n) is 2.53. The van der Waals surface area contributed by atoms with Crippen molar-refractivity contribution < 1.29 is 0 Å². The van der Waals surface area contributed by atoms with Crippen LogP contribution in [0.3, 0.4) is 0 Å². The van der Waals surface area contributed by atoms with E-state index >= 15 is 0 Å². The first-order valence-electron chi connectivity index (χ1n) is 5.00. The van der Waals surface area contributed by atoms with Crippen molar-refractivity contribution in [3.8, 4) is 0 Å². The molecule has 0 heterocycles. The van der Waals surface area contributed by atoms with Crippen LogP contribution in [0, 0.1) is 5.92 Å². The summed E-state index contributed by atoms with van der Waals surface area (Å²) in [6, 6.07) is 0. The highest BCUT2D eigenvalue weighted by Crippen LogP contribution is 2.08. The number of nitrogens with one attached hydrogen (secondary N) is 1. The van der Waals surface area contributed by atoms with E-state index < -0.39 is 0 Å². The van der Waals surface area contributed by atoms with E-state index in [1.165, 1.54) is 12.8 Å². The summed E-state index contributed by atoms with van der Waals surface area (Å²) in [7, 11) is 0. The lowest BCUT2D eigenvalue weighted by Gasteiger charge is -2.26. The molecule has 0 aliphatic carbocycles. The zero-order valence-corrected chi connectivity index (χ0v) is 8.98. The molecule has 74 valence electrons. The highest BCUT2D eigenvalue weighted by Gasteiger charge is 2.15. The van der Waals surface area contributed by atoms with Crippen molar-refractivity contribution in [1.82, 2.24) is 5.32 Å². The van der Waals surface area contributed by atoms with Crippen LogP contribution in [0.1, 0.15) is 40.5 Å². The van der Waals surface area contributed by atoms with E-state index in [2.05, 4.69) is 33.0 Å². The Bertz CT molecular complexity index is 106. The van der Waals surface area contributed by atoms with Gasteiger partial charge in [-0.3, -0.25) is 0 Å². The van der Waals surface area contributed by atoms with E-state index in [4.69, 9.17) is 5.73 Å². The van der Waals surface area contributed by atoms with Gasteiger partial charge in [0.05, 0.1) is 0 Å². The molecule has 0 aromatic heterocycles. The van der Waals surface area contributed by atoms with Crippen molar-refractivity contribution in [2.24, 2.45) is 11.7 Å². The first kappa shape index (κ1) is 11.9.